The minimum absolute atomic E-state index is 0.875. The number of nitrogens with zero attached hydrogens (tertiary/aromatic N) is 1. The van der Waals surface area contributed by atoms with Crippen LogP contribution in [0.2, 0.25) is 0 Å². The normalized spacial score (nSPS) is 10.7. The van der Waals surface area contributed by atoms with Crippen molar-refractivity contribution in [2.45, 2.75) is 0 Å². The van der Waals surface area contributed by atoms with E-state index >= 15 is 0 Å². The fraction of sp³-hybridized carbons (Fsp3) is 0.125. The Labute approximate surface area is 103 Å². The molecule has 0 atom stereocenters. The molecule has 13 heavy (non-hydrogen) atoms. The first-order chi connectivity index (χ1) is 6.22. The molecule has 2 rings (SSSR count). The standard InChI is InChI=1S/C8H6I2N2O/c1-13-6-3-4(9)2-5-7(6)8(10)12-11-5/h2-3H,1H3,(H,11,12). The Morgan fingerprint density at radius 1 is 1.38 bits per heavy atom. The van der Waals surface area contributed by atoms with Crippen molar-refractivity contribution in [3.8, 4) is 5.75 Å². The summed E-state index contributed by atoms with van der Waals surface area (Å²) in [5.74, 6) is 0.875. The maximum absolute atomic E-state index is 5.28. The summed E-state index contributed by atoms with van der Waals surface area (Å²) in [7, 11) is 1.67. The van der Waals surface area contributed by atoms with Crippen LogP contribution in [0.5, 0.6) is 5.75 Å². The van der Waals surface area contributed by atoms with Gasteiger partial charge in [0.25, 0.3) is 0 Å². The van der Waals surface area contributed by atoms with Crippen molar-refractivity contribution in [3.63, 3.8) is 0 Å². The molecule has 0 unspecified atom stereocenters. The molecule has 1 aromatic carbocycles. The number of hydrogen-bond donors (Lipinski definition) is 1. The third-order valence-corrected chi connectivity index (χ3v) is 3.16. The lowest BCUT2D eigenvalue weighted by atomic mass is 10.2. The molecule has 3 nitrogen and oxygen atoms in total. The molecular formula is C8H6I2N2O. The number of ether oxygens (including phenoxy) is 1. The van der Waals surface area contributed by atoms with E-state index in [0.717, 1.165) is 23.9 Å². The molecule has 0 bridgehead atoms. The van der Waals surface area contributed by atoms with Crippen molar-refractivity contribution < 1.29 is 4.74 Å². The molecule has 0 aliphatic rings. The van der Waals surface area contributed by atoms with Crippen molar-refractivity contribution in [2.24, 2.45) is 0 Å². The van der Waals surface area contributed by atoms with E-state index in [4.69, 9.17) is 4.74 Å². The monoisotopic (exact) mass is 400 g/mol. The molecule has 1 N–H and O–H groups in total. The van der Waals surface area contributed by atoms with Gasteiger partial charge in [-0.1, -0.05) is 0 Å². The van der Waals surface area contributed by atoms with Gasteiger partial charge in [-0.15, -0.1) is 0 Å². The van der Waals surface area contributed by atoms with E-state index in [1.165, 1.54) is 0 Å². The Morgan fingerprint density at radius 2 is 2.15 bits per heavy atom. The van der Waals surface area contributed by atoms with Crippen molar-refractivity contribution in [2.75, 3.05) is 7.11 Å². The zero-order valence-corrected chi connectivity index (χ0v) is 11.1. The predicted molar refractivity (Wildman–Crippen MR) is 68.1 cm³/mol. The van der Waals surface area contributed by atoms with Crippen LogP contribution < -0.4 is 4.74 Å². The first-order valence-electron chi connectivity index (χ1n) is 3.59. The molecule has 5 heteroatoms. The lowest BCUT2D eigenvalue weighted by Crippen LogP contribution is -1.85. The van der Waals surface area contributed by atoms with Crippen LogP contribution in [0.15, 0.2) is 12.1 Å². The van der Waals surface area contributed by atoms with Crippen LogP contribution in [0.4, 0.5) is 0 Å². The lowest BCUT2D eigenvalue weighted by Gasteiger charge is -2.01. The van der Waals surface area contributed by atoms with E-state index in [2.05, 4.69) is 55.4 Å². The SMILES string of the molecule is COc1cc(I)cc2n[nH]c(I)c12. The van der Waals surface area contributed by atoms with Gasteiger partial charge in [-0.05, 0) is 57.3 Å². The van der Waals surface area contributed by atoms with Crippen LogP contribution in [-0.4, -0.2) is 17.3 Å². The molecule has 68 valence electrons. The third kappa shape index (κ3) is 1.63. The molecule has 1 aromatic heterocycles. The highest BCUT2D eigenvalue weighted by Crippen LogP contribution is 2.30. The number of fused-ring (bicyclic) bond motifs is 1. The molecule has 0 amide bonds. The summed E-state index contributed by atoms with van der Waals surface area (Å²) in [6, 6.07) is 4.03. The van der Waals surface area contributed by atoms with Gasteiger partial charge in [0.2, 0.25) is 0 Å². The second-order valence-electron chi connectivity index (χ2n) is 2.54. The number of aromatic amines is 1. The minimum Gasteiger partial charge on any atom is -0.496 e. The zero-order valence-electron chi connectivity index (χ0n) is 6.77. The summed E-state index contributed by atoms with van der Waals surface area (Å²) in [4.78, 5) is 0. The first-order valence-corrected chi connectivity index (χ1v) is 5.75. The zero-order chi connectivity index (χ0) is 9.42. The highest BCUT2D eigenvalue weighted by molar-refractivity contribution is 14.1. The van der Waals surface area contributed by atoms with Gasteiger partial charge in [0.15, 0.2) is 0 Å². The fourth-order valence-corrected chi connectivity index (χ4v) is 2.44. The summed E-state index contributed by atoms with van der Waals surface area (Å²) < 4.78 is 7.42. The molecule has 1 heterocycles. The number of H-pyrrole nitrogens is 1. The summed E-state index contributed by atoms with van der Waals surface area (Å²) in [5.41, 5.74) is 0.952. The number of benzene rings is 1. The Kier molecular flexibility index (Phi) is 2.63. The van der Waals surface area contributed by atoms with Gasteiger partial charge < -0.3 is 4.74 Å². The van der Waals surface area contributed by atoms with Gasteiger partial charge in [-0.2, -0.15) is 5.10 Å². The summed E-state index contributed by atoms with van der Waals surface area (Å²) in [5, 5.41) is 8.16. The summed E-state index contributed by atoms with van der Waals surface area (Å²) >= 11 is 4.46. The van der Waals surface area contributed by atoms with E-state index in [1.807, 2.05) is 12.1 Å². The van der Waals surface area contributed by atoms with E-state index in [0.29, 0.717) is 0 Å². The molecule has 0 aliphatic heterocycles. The van der Waals surface area contributed by atoms with Gasteiger partial charge >= 0.3 is 0 Å². The van der Waals surface area contributed by atoms with E-state index in [9.17, 15) is 0 Å². The highest BCUT2D eigenvalue weighted by atomic mass is 127. The van der Waals surface area contributed by atoms with Crippen LogP contribution >= 0.6 is 45.2 Å². The Hall–Kier alpha value is -0.0500. The molecule has 0 aliphatic carbocycles. The quantitative estimate of drug-likeness (QED) is 0.749. The number of halogens is 2. The van der Waals surface area contributed by atoms with Gasteiger partial charge in [-0.3, -0.25) is 5.10 Å². The van der Waals surface area contributed by atoms with Crippen LogP contribution in [0.3, 0.4) is 0 Å². The van der Waals surface area contributed by atoms with E-state index < -0.39 is 0 Å². The minimum atomic E-state index is 0.875. The maximum atomic E-state index is 5.28. The maximum Gasteiger partial charge on any atom is 0.132 e. The van der Waals surface area contributed by atoms with Crippen LogP contribution in [0.1, 0.15) is 0 Å². The average molecular weight is 400 g/mol. The topological polar surface area (TPSA) is 37.9 Å². The average Bonchev–Trinajstić information content (AvgIpc) is 2.46. The molecule has 2 aromatic rings. The second kappa shape index (κ2) is 3.60. The fourth-order valence-electron chi connectivity index (χ4n) is 1.20. The predicted octanol–water partition coefficient (Wildman–Crippen LogP) is 2.78. The van der Waals surface area contributed by atoms with Crippen LogP contribution in [-0.2, 0) is 0 Å². The van der Waals surface area contributed by atoms with Crippen molar-refractivity contribution in [1.82, 2.24) is 10.2 Å². The molecule has 0 saturated carbocycles. The molecular weight excluding hydrogens is 394 g/mol. The number of nitrogens with one attached hydrogen (secondary N) is 1. The Balaban J connectivity index is 2.85. The van der Waals surface area contributed by atoms with E-state index in [1.54, 1.807) is 7.11 Å². The molecule has 0 spiro atoms. The largest absolute Gasteiger partial charge is 0.496 e. The molecule has 0 saturated heterocycles. The molecule has 0 radical (unpaired) electrons. The Morgan fingerprint density at radius 3 is 2.85 bits per heavy atom. The lowest BCUT2D eigenvalue weighted by molar-refractivity contribution is 0.419. The van der Waals surface area contributed by atoms with Gasteiger partial charge in [0.1, 0.15) is 9.45 Å². The van der Waals surface area contributed by atoms with Gasteiger partial charge in [0.05, 0.1) is 18.0 Å². The van der Waals surface area contributed by atoms with Crippen molar-refractivity contribution >= 4 is 56.1 Å². The van der Waals surface area contributed by atoms with Crippen LogP contribution in [0, 0.1) is 7.27 Å². The number of rotatable bonds is 1. The number of aromatic nitrogens is 2. The van der Waals surface area contributed by atoms with Crippen molar-refractivity contribution in [1.29, 1.82) is 0 Å². The second-order valence-corrected chi connectivity index (χ2v) is 4.86. The van der Waals surface area contributed by atoms with Crippen molar-refractivity contribution in [3.05, 3.63) is 19.4 Å². The van der Waals surface area contributed by atoms with Crippen LogP contribution in [0.25, 0.3) is 10.9 Å². The summed E-state index contributed by atoms with van der Waals surface area (Å²) in [6.45, 7) is 0. The first kappa shape index (κ1) is 9.50. The molecule has 0 fully saturated rings. The van der Waals surface area contributed by atoms with Gasteiger partial charge in [-0.25, -0.2) is 0 Å². The Bertz CT molecular complexity index is 453. The smallest absolute Gasteiger partial charge is 0.132 e. The third-order valence-electron chi connectivity index (χ3n) is 1.76. The highest BCUT2D eigenvalue weighted by Gasteiger charge is 2.09. The number of hydrogen-bond acceptors (Lipinski definition) is 2. The summed E-state index contributed by atoms with van der Waals surface area (Å²) in [6.07, 6.45) is 0. The van der Waals surface area contributed by atoms with E-state index in [-0.39, 0.29) is 0 Å². The van der Waals surface area contributed by atoms with Gasteiger partial charge in [0, 0.05) is 3.57 Å². The number of methoxy groups -OCH3 is 1.